The molecule has 1 aliphatic heterocycles. The zero-order valence-electron chi connectivity index (χ0n) is 16.7. The minimum absolute atomic E-state index is 0.850. The summed E-state index contributed by atoms with van der Waals surface area (Å²) in [6.45, 7) is 14.0. The third-order valence-corrected chi connectivity index (χ3v) is 7.36. The van der Waals surface area contributed by atoms with E-state index in [0.717, 1.165) is 26.2 Å². The van der Waals surface area contributed by atoms with E-state index in [1.807, 2.05) is 0 Å². The molecule has 0 unspecified atom stereocenters. The van der Waals surface area contributed by atoms with E-state index in [1.165, 1.54) is 44.8 Å². The molecule has 1 heterocycles. The van der Waals surface area contributed by atoms with Crippen LogP contribution < -0.4 is 9.80 Å². The fourth-order valence-electron chi connectivity index (χ4n) is 4.41. The average Bonchev–Trinajstić information content (AvgIpc) is 3.00. The van der Waals surface area contributed by atoms with Gasteiger partial charge < -0.3 is 0 Å². The standard InChI is InChI=1S/C22H28N2.2ClH.Ru/c1-7-20-13-16(3)12-19(6)22(20)24-9-8-23(14-24)21-17(4)10-15(2)11-18(21)5;;;/h1,10-13H,7-9,14H2,2-6H3;2*1H;/q;;;+2/p-2. The minimum atomic E-state index is -1.76. The molecule has 1 saturated heterocycles. The maximum absolute atomic E-state index is 6.10. The van der Waals surface area contributed by atoms with Gasteiger partial charge >= 0.3 is 177 Å². The number of rotatable bonds is 4. The van der Waals surface area contributed by atoms with Crippen LogP contribution in [-0.4, -0.2) is 24.4 Å². The van der Waals surface area contributed by atoms with Crippen molar-refractivity contribution in [3.05, 3.63) is 57.6 Å². The van der Waals surface area contributed by atoms with Gasteiger partial charge in [0, 0.05) is 0 Å². The predicted molar refractivity (Wildman–Crippen MR) is 118 cm³/mol. The molecule has 1 fully saturated rings. The van der Waals surface area contributed by atoms with Crippen LogP contribution in [0.15, 0.2) is 24.3 Å². The van der Waals surface area contributed by atoms with E-state index in [0.29, 0.717) is 0 Å². The summed E-state index contributed by atoms with van der Waals surface area (Å²) in [5, 5.41) is 0. The molecular weight excluding hydrogens is 464 g/mol. The molecule has 2 nitrogen and oxygen atoms in total. The van der Waals surface area contributed by atoms with Crippen molar-refractivity contribution in [2.24, 2.45) is 0 Å². The van der Waals surface area contributed by atoms with Crippen molar-refractivity contribution in [2.75, 3.05) is 29.6 Å². The Balaban J connectivity index is 1.92. The van der Waals surface area contributed by atoms with Gasteiger partial charge in [-0.05, 0) is 0 Å². The third-order valence-electron chi connectivity index (χ3n) is 5.17. The summed E-state index contributed by atoms with van der Waals surface area (Å²) in [5.41, 5.74) is 10.8. The molecule has 2 aromatic carbocycles. The fourth-order valence-corrected chi connectivity index (χ4v) is 5.71. The molecule has 0 radical (unpaired) electrons. The van der Waals surface area contributed by atoms with Crippen LogP contribution in [0.2, 0.25) is 0 Å². The molecule has 0 atom stereocenters. The van der Waals surface area contributed by atoms with Gasteiger partial charge in [0.15, 0.2) is 0 Å². The molecule has 3 rings (SSSR count). The Kier molecular flexibility index (Phi) is 6.67. The molecule has 0 spiro atoms. The van der Waals surface area contributed by atoms with Crippen LogP contribution in [0.3, 0.4) is 0 Å². The van der Waals surface area contributed by atoms with Gasteiger partial charge in [0.25, 0.3) is 0 Å². The first kappa shape index (κ1) is 20.8. The van der Waals surface area contributed by atoms with Crippen LogP contribution >= 0.6 is 19.4 Å². The van der Waals surface area contributed by atoms with Gasteiger partial charge in [-0.25, -0.2) is 0 Å². The molecule has 2 aromatic rings. The van der Waals surface area contributed by atoms with Crippen molar-refractivity contribution < 1.29 is 13.5 Å². The molecule has 0 bridgehead atoms. The van der Waals surface area contributed by atoms with E-state index in [-0.39, 0.29) is 0 Å². The van der Waals surface area contributed by atoms with Crippen molar-refractivity contribution in [2.45, 2.75) is 41.0 Å². The summed E-state index contributed by atoms with van der Waals surface area (Å²) in [6, 6.07) is 9.14. The number of hydrogen-bond acceptors (Lipinski definition) is 2. The average molecular weight is 492 g/mol. The first-order valence-electron chi connectivity index (χ1n) is 9.25. The zero-order valence-corrected chi connectivity index (χ0v) is 20.0. The molecule has 0 aromatic heterocycles. The fraction of sp³-hybridized carbons (Fsp3) is 0.409. The monoisotopic (exact) mass is 492 g/mol. The van der Waals surface area contributed by atoms with Crippen LogP contribution in [0.5, 0.6) is 0 Å². The van der Waals surface area contributed by atoms with Crippen LogP contribution in [0.1, 0.15) is 33.4 Å². The van der Waals surface area contributed by atoms with Gasteiger partial charge in [-0.1, -0.05) is 0 Å². The molecule has 0 aliphatic carbocycles. The van der Waals surface area contributed by atoms with Crippen molar-refractivity contribution >= 4 is 35.4 Å². The molecule has 0 N–H and O–H groups in total. The Morgan fingerprint density at radius 3 is 1.85 bits per heavy atom. The number of anilines is 2. The molecule has 5 heteroatoms. The summed E-state index contributed by atoms with van der Waals surface area (Å²) in [6.07, 6.45) is 0.850. The number of nitrogens with zero attached hydrogens (tertiary/aromatic N) is 2. The van der Waals surface area contributed by atoms with Crippen LogP contribution in [0, 0.1) is 34.6 Å². The first-order chi connectivity index (χ1) is 12.8. The van der Waals surface area contributed by atoms with Gasteiger partial charge in [-0.3, -0.25) is 0 Å². The quantitative estimate of drug-likeness (QED) is 0.499. The summed E-state index contributed by atoms with van der Waals surface area (Å²) in [5.74, 6) is 0. The topological polar surface area (TPSA) is 6.48 Å². The van der Waals surface area contributed by atoms with Crippen LogP contribution in [0.25, 0.3) is 0 Å². The summed E-state index contributed by atoms with van der Waals surface area (Å²) < 4.78 is 2.10. The number of halogens is 2. The number of hydrogen-bond donors (Lipinski definition) is 0. The van der Waals surface area contributed by atoms with Crippen molar-refractivity contribution in [3.8, 4) is 0 Å². The number of aryl methyl sites for hydroxylation is 5. The van der Waals surface area contributed by atoms with Gasteiger partial charge in [0.2, 0.25) is 0 Å². The third kappa shape index (κ3) is 4.76. The van der Waals surface area contributed by atoms with Gasteiger partial charge in [-0.15, -0.1) is 0 Å². The van der Waals surface area contributed by atoms with Gasteiger partial charge in [-0.2, -0.15) is 0 Å². The zero-order chi connectivity index (χ0) is 19.7. The molecule has 27 heavy (non-hydrogen) atoms. The van der Waals surface area contributed by atoms with Crippen molar-refractivity contribution in [1.29, 1.82) is 0 Å². The summed E-state index contributed by atoms with van der Waals surface area (Å²) in [4.78, 5) is 5.02. The Labute approximate surface area is 176 Å². The molecule has 0 saturated carbocycles. The number of benzene rings is 2. The summed E-state index contributed by atoms with van der Waals surface area (Å²) in [7, 11) is 12.2. The van der Waals surface area contributed by atoms with E-state index < -0.39 is 13.5 Å². The second-order valence-corrected chi connectivity index (χ2v) is 13.5. The maximum atomic E-state index is 6.10. The first-order valence-corrected chi connectivity index (χ1v) is 14.7. The molecular formula is C22H28Cl2N2Ru. The van der Waals surface area contributed by atoms with Crippen LogP contribution in [0.4, 0.5) is 11.4 Å². The van der Waals surface area contributed by atoms with Crippen molar-refractivity contribution in [1.82, 2.24) is 0 Å². The second-order valence-electron chi connectivity index (χ2n) is 7.56. The van der Waals surface area contributed by atoms with E-state index >= 15 is 0 Å². The molecule has 0 amide bonds. The van der Waals surface area contributed by atoms with E-state index in [2.05, 4.69) is 73.3 Å². The Hall–Kier alpha value is -0.887. The molecule has 148 valence electrons. The summed E-state index contributed by atoms with van der Waals surface area (Å²) >= 11 is -1.76. The van der Waals surface area contributed by atoms with Crippen LogP contribution in [-0.2, 0) is 19.9 Å². The van der Waals surface area contributed by atoms with Gasteiger partial charge in [0.1, 0.15) is 0 Å². The van der Waals surface area contributed by atoms with Crippen molar-refractivity contribution in [3.63, 3.8) is 0 Å². The van der Waals surface area contributed by atoms with E-state index in [4.69, 9.17) is 19.4 Å². The Bertz CT molecular complexity index is 865. The van der Waals surface area contributed by atoms with E-state index in [9.17, 15) is 0 Å². The normalized spacial score (nSPS) is 14.7. The Morgan fingerprint density at radius 1 is 0.815 bits per heavy atom. The van der Waals surface area contributed by atoms with Gasteiger partial charge in [0.05, 0.1) is 0 Å². The molecule has 1 aliphatic rings. The SMILES string of the molecule is Cc1cc(C)c(N2CCN(c3c(C)cc(C)cc3C[CH]=[Ru]([Cl])[Cl])C2)c(C)c1. The van der Waals surface area contributed by atoms with E-state index in [1.54, 1.807) is 0 Å². The predicted octanol–water partition coefficient (Wildman–Crippen LogP) is 5.78. The Morgan fingerprint density at radius 2 is 1.30 bits per heavy atom. The second kappa shape index (κ2) is 8.64.